The van der Waals surface area contributed by atoms with Crippen molar-refractivity contribution < 1.29 is 22.7 Å². The van der Waals surface area contributed by atoms with E-state index in [9.17, 15) is 18.0 Å². The molecule has 2 fully saturated rings. The zero-order valence-electron chi connectivity index (χ0n) is 19.5. The zero-order valence-corrected chi connectivity index (χ0v) is 19.5. The highest BCUT2D eigenvalue weighted by molar-refractivity contribution is 5.97. The molecule has 2 saturated heterocycles. The number of pyridine rings is 1. The predicted molar refractivity (Wildman–Crippen MR) is 122 cm³/mol. The first-order chi connectivity index (χ1) is 16.7. The van der Waals surface area contributed by atoms with E-state index in [-0.39, 0.29) is 28.7 Å². The van der Waals surface area contributed by atoms with Crippen molar-refractivity contribution in [3.8, 4) is 17.1 Å². The van der Waals surface area contributed by atoms with Crippen LogP contribution in [0.1, 0.15) is 30.7 Å². The number of halogens is 3. The first-order valence-corrected chi connectivity index (χ1v) is 11.5. The van der Waals surface area contributed by atoms with Crippen molar-refractivity contribution >= 4 is 23.2 Å². The number of rotatable bonds is 5. The van der Waals surface area contributed by atoms with E-state index < -0.39 is 12.6 Å². The summed E-state index contributed by atoms with van der Waals surface area (Å²) >= 11 is 0. The van der Waals surface area contributed by atoms with Crippen LogP contribution in [0.25, 0.3) is 22.3 Å². The van der Waals surface area contributed by atoms with Gasteiger partial charge in [-0.2, -0.15) is 18.3 Å². The molecular formula is C23H26F3N7O2. The SMILES string of the molecule is Cc1[nH]ncc1-c1nc(N2CCC3(CCN(C)C3)CC2)c2c(OC=O)c(CC(F)(F)F)ncc2n1. The fourth-order valence-corrected chi connectivity index (χ4v) is 5.29. The van der Waals surface area contributed by atoms with Gasteiger partial charge in [0.05, 0.1) is 41.0 Å². The molecule has 35 heavy (non-hydrogen) atoms. The lowest BCUT2D eigenvalue weighted by molar-refractivity contribution is -0.129. The van der Waals surface area contributed by atoms with Gasteiger partial charge in [0.15, 0.2) is 11.6 Å². The molecule has 9 nitrogen and oxygen atoms in total. The lowest BCUT2D eigenvalue weighted by atomic mass is 9.78. The standard InChI is InChI=1S/C23H26F3N7O2/c1-14-15(10-28-31-14)20-29-17-11-27-16(9-23(24,25)26)19(35-13-34)18(17)21(30-20)33-7-4-22(5-8-33)3-6-32(2)12-22/h10-11,13H,3-9,12H2,1-2H3,(H,28,31). The van der Waals surface area contributed by atoms with Gasteiger partial charge in [0.1, 0.15) is 5.82 Å². The number of alkyl halides is 3. The Bertz CT molecular complexity index is 1250. The van der Waals surface area contributed by atoms with E-state index in [0.29, 0.717) is 35.8 Å². The summed E-state index contributed by atoms with van der Waals surface area (Å²) in [7, 11) is 2.12. The fourth-order valence-electron chi connectivity index (χ4n) is 5.29. The summed E-state index contributed by atoms with van der Waals surface area (Å²) in [4.78, 5) is 29.0. The Kier molecular flexibility index (Phi) is 5.86. The molecule has 0 unspecified atom stereocenters. The maximum Gasteiger partial charge on any atom is 0.394 e. The maximum absolute atomic E-state index is 13.3. The molecule has 3 aromatic rings. The number of H-pyrrole nitrogens is 1. The second-order valence-electron chi connectivity index (χ2n) is 9.55. The van der Waals surface area contributed by atoms with Crippen LogP contribution in [0.3, 0.4) is 0 Å². The normalized spacial score (nSPS) is 18.5. The second kappa shape index (κ2) is 8.74. The number of likely N-dealkylation sites (tertiary alicyclic amines) is 1. The number of piperidine rings is 1. The molecule has 0 aromatic carbocycles. The predicted octanol–water partition coefficient (Wildman–Crippen LogP) is 3.29. The number of nitrogens with one attached hydrogen (secondary N) is 1. The number of anilines is 1. The molecule has 1 spiro atoms. The van der Waals surface area contributed by atoms with E-state index in [4.69, 9.17) is 9.72 Å². The molecule has 0 amide bonds. The quantitative estimate of drug-likeness (QED) is 0.545. The lowest BCUT2D eigenvalue weighted by Gasteiger charge is -2.40. The molecule has 1 N–H and O–H groups in total. The maximum atomic E-state index is 13.3. The molecule has 5 rings (SSSR count). The van der Waals surface area contributed by atoms with Crippen LogP contribution in [0.5, 0.6) is 5.75 Å². The van der Waals surface area contributed by atoms with Gasteiger partial charge in [-0.15, -0.1) is 0 Å². The fraction of sp³-hybridized carbons (Fsp3) is 0.522. The van der Waals surface area contributed by atoms with Crippen LogP contribution in [-0.2, 0) is 11.2 Å². The van der Waals surface area contributed by atoms with Crippen LogP contribution in [0.15, 0.2) is 12.4 Å². The number of aromatic nitrogens is 5. The minimum Gasteiger partial charge on any atom is -0.426 e. The number of hydrogen-bond acceptors (Lipinski definition) is 8. The molecule has 0 aliphatic carbocycles. The Labute approximate surface area is 199 Å². The van der Waals surface area contributed by atoms with Crippen molar-refractivity contribution in [1.82, 2.24) is 30.0 Å². The van der Waals surface area contributed by atoms with E-state index >= 15 is 0 Å². The molecule has 186 valence electrons. The monoisotopic (exact) mass is 489 g/mol. The smallest absolute Gasteiger partial charge is 0.394 e. The molecule has 2 aliphatic heterocycles. The average Bonchev–Trinajstić information content (AvgIpc) is 3.39. The Hall–Kier alpha value is -3.28. The summed E-state index contributed by atoms with van der Waals surface area (Å²) in [6.45, 7) is 5.41. The Morgan fingerprint density at radius 3 is 2.51 bits per heavy atom. The van der Waals surface area contributed by atoms with Crippen molar-refractivity contribution in [2.24, 2.45) is 5.41 Å². The van der Waals surface area contributed by atoms with Crippen LogP contribution in [0.2, 0.25) is 0 Å². The van der Waals surface area contributed by atoms with Crippen molar-refractivity contribution in [2.75, 3.05) is 38.1 Å². The summed E-state index contributed by atoms with van der Waals surface area (Å²) < 4.78 is 44.9. The van der Waals surface area contributed by atoms with Gasteiger partial charge in [-0.1, -0.05) is 0 Å². The number of hydrogen-bond donors (Lipinski definition) is 1. The van der Waals surface area contributed by atoms with Crippen molar-refractivity contribution in [3.63, 3.8) is 0 Å². The minimum absolute atomic E-state index is 0.119. The number of ether oxygens (including phenoxy) is 1. The topological polar surface area (TPSA) is 100 Å². The molecule has 0 saturated carbocycles. The first kappa shape index (κ1) is 23.5. The van der Waals surface area contributed by atoms with Crippen LogP contribution in [0, 0.1) is 12.3 Å². The molecule has 0 radical (unpaired) electrons. The van der Waals surface area contributed by atoms with Crippen LogP contribution >= 0.6 is 0 Å². The van der Waals surface area contributed by atoms with Gasteiger partial charge in [-0.25, -0.2) is 9.97 Å². The third-order valence-electron chi connectivity index (χ3n) is 7.11. The lowest BCUT2D eigenvalue weighted by Crippen LogP contribution is -2.41. The van der Waals surface area contributed by atoms with E-state index in [2.05, 4.69) is 37.0 Å². The second-order valence-corrected chi connectivity index (χ2v) is 9.55. The molecule has 12 heteroatoms. The molecule has 0 bridgehead atoms. The van der Waals surface area contributed by atoms with E-state index in [0.717, 1.165) is 38.0 Å². The van der Waals surface area contributed by atoms with Gasteiger partial charge in [-0.05, 0) is 45.2 Å². The molecule has 0 atom stereocenters. The number of carbonyl (C=O) groups excluding carboxylic acids is 1. The van der Waals surface area contributed by atoms with E-state index in [1.807, 2.05) is 6.92 Å². The summed E-state index contributed by atoms with van der Waals surface area (Å²) in [6, 6.07) is 0. The van der Waals surface area contributed by atoms with Gasteiger partial charge < -0.3 is 14.5 Å². The van der Waals surface area contributed by atoms with Crippen molar-refractivity contribution in [2.45, 2.75) is 38.8 Å². The number of fused-ring (bicyclic) bond motifs is 1. The van der Waals surface area contributed by atoms with Gasteiger partial charge in [-0.3, -0.25) is 14.9 Å². The van der Waals surface area contributed by atoms with Gasteiger partial charge in [0.25, 0.3) is 6.47 Å². The van der Waals surface area contributed by atoms with Crippen LogP contribution in [0.4, 0.5) is 19.0 Å². The summed E-state index contributed by atoms with van der Waals surface area (Å²) in [6.07, 6.45) is 0.0385. The summed E-state index contributed by atoms with van der Waals surface area (Å²) in [5.41, 5.74) is 1.60. The van der Waals surface area contributed by atoms with Gasteiger partial charge >= 0.3 is 6.18 Å². The number of aryl methyl sites for hydroxylation is 1. The van der Waals surface area contributed by atoms with E-state index in [1.54, 1.807) is 6.20 Å². The number of aromatic amines is 1. The van der Waals surface area contributed by atoms with Crippen LogP contribution < -0.4 is 9.64 Å². The number of carbonyl (C=O) groups is 1. The Balaban J connectivity index is 1.64. The van der Waals surface area contributed by atoms with Gasteiger partial charge in [0.2, 0.25) is 0 Å². The Morgan fingerprint density at radius 2 is 1.91 bits per heavy atom. The highest BCUT2D eigenvalue weighted by atomic mass is 19.4. The van der Waals surface area contributed by atoms with E-state index in [1.165, 1.54) is 6.20 Å². The third-order valence-corrected chi connectivity index (χ3v) is 7.11. The summed E-state index contributed by atoms with van der Waals surface area (Å²) in [5.74, 6) is 0.567. The molecule has 2 aliphatic rings. The highest BCUT2D eigenvalue weighted by Gasteiger charge is 2.40. The zero-order chi connectivity index (χ0) is 24.8. The van der Waals surface area contributed by atoms with Crippen molar-refractivity contribution in [1.29, 1.82) is 0 Å². The van der Waals surface area contributed by atoms with Crippen LogP contribution in [-0.4, -0.2) is 75.9 Å². The molecular weight excluding hydrogens is 463 g/mol. The largest absolute Gasteiger partial charge is 0.426 e. The molecule has 3 aromatic heterocycles. The van der Waals surface area contributed by atoms with Crippen molar-refractivity contribution in [3.05, 3.63) is 23.8 Å². The highest BCUT2D eigenvalue weighted by Crippen LogP contribution is 2.43. The Morgan fingerprint density at radius 1 is 1.17 bits per heavy atom. The first-order valence-electron chi connectivity index (χ1n) is 11.5. The molecule has 5 heterocycles. The summed E-state index contributed by atoms with van der Waals surface area (Å²) in [5, 5.41) is 7.16. The number of nitrogens with zero attached hydrogens (tertiary/aromatic N) is 6. The average molecular weight is 490 g/mol. The minimum atomic E-state index is -4.53. The third kappa shape index (κ3) is 4.54. The van der Waals surface area contributed by atoms with Gasteiger partial charge in [0, 0.05) is 25.3 Å².